The van der Waals surface area contributed by atoms with Gasteiger partial charge in [-0.25, -0.2) is 0 Å². The van der Waals surface area contributed by atoms with E-state index in [1.165, 1.54) is 37.9 Å². The molecule has 1 saturated heterocycles. The standard InChI is InChI=1S/C21H29N3O.2ClH/c1-22-13-9-18-10-14-24(15-11-18)16-19-5-7-21(8-6-19)25-17-20-4-2-3-12-23-20;;/h2-8,12,18,22H,9-11,13-17H2,1H3;2*1H. The van der Waals surface area contributed by atoms with E-state index in [9.17, 15) is 0 Å². The fourth-order valence-corrected chi connectivity index (χ4v) is 3.37. The lowest BCUT2D eigenvalue weighted by Gasteiger charge is -2.32. The molecule has 3 rings (SSSR count). The number of hydrogen-bond donors (Lipinski definition) is 1. The topological polar surface area (TPSA) is 37.4 Å². The molecule has 6 heteroatoms. The summed E-state index contributed by atoms with van der Waals surface area (Å²) >= 11 is 0. The number of piperidine rings is 1. The highest BCUT2D eigenvalue weighted by Crippen LogP contribution is 2.22. The van der Waals surface area contributed by atoms with Crippen LogP contribution in [-0.2, 0) is 13.2 Å². The van der Waals surface area contributed by atoms with Crippen molar-refractivity contribution in [3.63, 3.8) is 0 Å². The maximum Gasteiger partial charge on any atom is 0.130 e. The van der Waals surface area contributed by atoms with E-state index in [0.717, 1.165) is 30.5 Å². The van der Waals surface area contributed by atoms with Crippen LogP contribution in [0.25, 0.3) is 0 Å². The van der Waals surface area contributed by atoms with Crippen molar-refractivity contribution in [2.45, 2.75) is 32.4 Å². The summed E-state index contributed by atoms with van der Waals surface area (Å²) in [5.41, 5.74) is 2.31. The second-order valence-corrected chi connectivity index (χ2v) is 6.87. The zero-order valence-corrected chi connectivity index (χ0v) is 17.6. The van der Waals surface area contributed by atoms with Gasteiger partial charge >= 0.3 is 0 Å². The van der Waals surface area contributed by atoms with Gasteiger partial charge in [-0.15, -0.1) is 24.8 Å². The first kappa shape index (κ1) is 23.7. The van der Waals surface area contributed by atoms with Gasteiger partial charge in [-0.05, 0) is 81.7 Å². The van der Waals surface area contributed by atoms with Gasteiger partial charge in [-0.3, -0.25) is 9.88 Å². The highest BCUT2D eigenvalue weighted by Gasteiger charge is 2.18. The summed E-state index contributed by atoms with van der Waals surface area (Å²) in [5.74, 6) is 1.80. The Bertz CT molecular complexity index is 617. The second kappa shape index (κ2) is 12.9. The molecule has 1 fully saturated rings. The molecular weight excluding hydrogens is 381 g/mol. The Kier molecular flexibility index (Phi) is 11.4. The van der Waals surface area contributed by atoms with Crippen LogP contribution >= 0.6 is 24.8 Å². The Hall–Kier alpha value is -1.33. The molecule has 0 amide bonds. The van der Waals surface area contributed by atoms with E-state index in [0.29, 0.717) is 6.61 Å². The number of rotatable bonds is 8. The molecule has 0 bridgehead atoms. The Balaban J connectivity index is 0.00000182. The summed E-state index contributed by atoms with van der Waals surface area (Å²) < 4.78 is 5.81. The predicted molar refractivity (Wildman–Crippen MR) is 116 cm³/mol. The molecule has 1 aromatic carbocycles. The van der Waals surface area contributed by atoms with Crippen molar-refractivity contribution in [1.29, 1.82) is 0 Å². The normalized spacial score (nSPS) is 14.9. The number of ether oxygens (including phenoxy) is 1. The Morgan fingerprint density at radius 1 is 1.07 bits per heavy atom. The average molecular weight is 412 g/mol. The molecule has 0 radical (unpaired) electrons. The van der Waals surface area contributed by atoms with Crippen LogP contribution in [0.15, 0.2) is 48.7 Å². The van der Waals surface area contributed by atoms with Crippen LogP contribution in [0.4, 0.5) is 0 Å². The molecule has 2 aromatic rings. The molecule has 0 aliphatic carbocycles. The number of halogens is 2. The average Bonchev–Trinajstić information content (AvgIpc) is 2.68. The lowest BCUT2D eigenvalue weighted by molar-refractivity contribution is 0.172. The van der Waals surface area contributed by atoms with Gasteiger partial charge in [-0.1, -0.05) is 18.2 Å². The fraction of sp³-hybridized carbons (Fsp3) is 0.476. The van der Waals surface area contributed by atoms with Gasteiger partial charge in [0.2, 0.25) is 0 Å². The molecule has 4 nitrogen and oxygen atoms in total. The largest absolute Gasteiger partial charge is 0.487 e. The van der Waals surface area contributed by atoms with Crippen LogP contribution in [-0.4, -0.2) is 36.6 Å². The molecular formula is C21H31Cl2N3O. The number of nitrogens with one attached hydrogen (secondary N) is 1. The highest BCUT2D eigenvalue weighted by atomic mass is 35.5. The third kappa shape index (κ3) is 8.06. The number of benzene rings is 1. The van der Waals surface area contributed by atoms with Crippen LogP contribution < -0.4 is 10.1 Å². The first-order chi connectivity index (χ1) is 12.3. The van der Waals surface area contributed by atoms with Crippen molar-refractivity contribution in [2.24, 2.45) is 5.92 Å². The van der Waals surface area contributed by atoms with Crippen LogP contribution in [0, 0.1) is 5.92 Å². The fourth-order valence-electron chi connectivity index (χ4n) is 3.37. The summed E-state index contributed by atoms with van der Waals surface area (Å²) in [4.78, 5) is 6.85. The minimum atomic E-state index is 0. The van der Waals surface area contributed by atoms with E-state index in [-0.39, 0.29) is 24.8 Å². The molecule has 0 saturated carbocycles. The molecule has 0 atom stereocenters. The zero-order valence-electron chi connectivity index (χ0n) is 16.0. The van der Waals surface area contributed by atoms with Crippen LogP contribution in [0.1, 0.15) is 30.5 Å². The van der Waals surface area contributed by atoms with Crippen LogP contribution in [0.5, 0.6) is 5.75 Å². The van der Waals surface area contributed by atoms with Crippen molar-refractivity contribution in [2.75, 3.05) is 26.7 Å². The molecule has 27 heavy (non-hydrogen) atoms. The number of nitrogens with zero attached hydrogens (tertiary/aromatic N) is 2. The van der Waals surface area contributed by atoms with Crippen molar-refractivity contribution >= 4 is 24.8 Å². The summed E-state index contributed by atoms with van der Waals surface area (Å²) in [7, 11) is 2.04. The lowest BCUT2D eigenvalue weighted by atomic mass is 9.93. The van der Waals surface area contributed by atoms with Crippen molar-refractivity contribution in [3.8, 4) is 5.75 Å². The summed E-state index contributed by atoms with van der Waals surface area (Å²) in [6.45, 7) is 5.13. The van der Waals surface area contributed by atoms with Crippen molar-refractivity contribution in [3.05, 3.63) is 59.9 Å². The molecule has 0 unspecified atom stereocenters. The van der Waals surface area contributed by atoms with Gasteiger partial charge in [0, 0.05) is 12.7 Å². The summed E-state index contributed by atoms with van der Waals surface area (Å²) in [5, 5.41) is 3.26. The first-order valence-electron chi connectivity index (χ1n) is 9.32. The van der Waals surface area contributed by atoms with Crippen LogP contribution in [0.2, 0.25) is 0 Å². The molecule has 0 spiro atoms. The second-order valence-electron chi connectivity index (χ2n) is 6.87. The van der Waals surface area contributed by atoms with E-state index in [1.54, 1.807) is 6.20 Å². The maximum atomic E-state index is 5.81. The van der Waals surface area contributed by atoms with Gasteiger partial charge in [-0.2, -0.15) is 0 Å². The SMILES string of the molecule is CNCCC1CCN(Cc2ccc(OCc3ccccn3)cc2)CC1.Cl.Cl. The zero-order chi connectivity index (χ0) is 17.3. The van der Waals surface area contributed by atoms with E-state index in [2.05, 4.69) is 39.5 Å². The molecule has 150 valence electrons. The quantitative estimate of drug-likeness (QED) is 0.701. The minimum absolute atomic E-state index is 0. The molecule has 1 aliphatic rings. The Morgan fingerprint density at radius 2 is 1.81 bits per heavy atom. The summed E-state index contributed by atoms with van der Waals surface area (Å²) in [6.07, 6.45) is 5.76. The minimum Gasteiger partial charge on any atom is -0.487 e. The molecule has 1 aromatic heterocycles. The van der Waals surface area contributed by atoms with Gasteiger partial charge in [0.25, 0.3) is 0 Å². The van der Waals surface area contributed by atoms with Gasteiger partial charge < -0.3 is 10.1 Å². The third-order valence-electron chi connectivity index (χ3n) is 4.95. The van der Waals surface area contributed by atoms with Crippen molar-refractivity contribution < 1.29 is 4.74 Å². The van der Waals surface area contributed by atoms with E-state index in [4.69, 9.17) is 4.74 Å². The smallest absolute Gasteiger partial charge is 0.130 e. The van der Waals surface area contributed by atoms with Gasteiger partial charge in [0.15, 0.2) is 0 Å². The predicted octanol–water partition coefficient (Wildman–Crippen LogP) is 4.33. The Morgan fingerprint density at radius 3 is 2.44 bits per heavy atom. The van der Waals surface area contributed by atoms with Gasteiger partial charge in [0.05, 0.1) is 5.69 Å². The lowest BCUT2D eigenvalue weighted by Crippen LogP contribution is -2.34. The van der Waals surface area contributed by atoms with Crippen LogP contribution in [0.3, 0.4) is 0 Å². The molecule has 1 N–H and O–H groups in total. The summed E-state index contributed by atoms with van der Waals surface area (Å²) in [6, 6.07) is 14.4. The third-order valence-corrected chi connectivity index (χ3v) is 4.95. The molecule has 1 aliphatic heterocycles. The van der Waals surface area contributed by atoms with E-state index >= 15 is 0 Å². The van der Waals surface area contributed by atoms with Crippen molar-refractivity contribution in [1.82, 2.24) is 15.2 Å². The number of pyridine rings is 1. The number of hydrogen-bond acceptors (Lipinski definition) is 4. The monoisotopic (exact) mass is 411 g/mol. The Labute approximate surface area is 175 Å². The first-order valence-corrected chi connectivity index (χ1v) is 9.32. The highest BCUT2D eigenvalue weighted by molar-refractivity contribution is 5.85. The van der Waals surface area contributed by atoms with E-state index in [1.807, 2.05) is 25.2 Å². The van der Waals surface area contributed by atoms with Gasteiger partial charge in [0.1, 0.15) is 12.4 Å². The number of aromatic nitrogens is 1. The maximum absolute atomic E-state index is 5.81. The van der Waals surface area contributed by atoms with E-state index < -0.39 is 0 Å². The molecule has 2 heterocycles. The number of likely N-dealkylation sites (tertiary alicyclic amines) is 1.